The molecule has 0 aliphatic carbocycles. The number of urea groups is 1. The molecule has 3 atom stereocenters. The molecule has 10 nitrogen and oxygen atoms in total. The summed E-state index contributed by atoms with van der Waals surface area (Å²) in [6.07, 6.45) is 1.67. The van der Waals surface area contributed by atoms with Crippen LogP contribution in [0.1, 0.15) is 61.3 Å². The van der Waals surface area contributed by atoms with Crippen LogP contribution in [-0.4, -0.2) is 57.9 Å². The fraction of sp³-hybridized carbons (Fsp3) is 0.394. The lowest BCUT2D eigenvalue weighted by Crippen LogP contribution is -2.43. The van der Waals surface area contributed by atoms with Crippen LogP contribution in [0.15, 0.2) is 77.6 Å². The van der Waals surface area contributed by atoms with Crippen LogP contribution in [0.2, 0.25) is 0 Å². The van der Waals surface area contributed by atoms with Gasteiger partial charge in [-0.05, 0) is 55.2 Å². The molecule has 226 valence electrons. The van der Waals surface area contributed by atoms with Crippen LogP contribution in [0.3, 0.4) is 0 Å². The molecule has 0 bridgehead atoms. The van der Waals surface area contributed by atoms with Gasteiger partial charge < -0.3 is 35.1 Å². The summed E-state index contributed by atoms with van der Waals surface area (Å²) in [5.74, 6) is 0. The topological polar surface area (TPSA) is 121 Å². The Bertz CT molecular complexity index is 1570. The molecule has 0 spiro atoms. The molecule has 3 heterocycles. The van der Waals surface area contributed by atoms with Crippen LogP contribution in [0.5, 0.6) is 0 Å². The lowest BCUT2D eigenvalue weighted by Gasteiger charge is -2.40. The number of benzene rings is 3. The lowest BCUT2D eigenvalue weighted by molar-refractivity contribution is -0.253. The Balaban J connectivity index is 1.15. The van der Waals surface area contributed by atoms with E-state index in [4.69, 9.17) is 9.47 Å². The maximum absolute atomic E-state index is 12.7. The minimum Gasteiger partial charge on any atom is -0.392 e. The number of carbonyl (C=O) groups is 1. The summed E-state index contributed by atoms with van der Waals surface area (Å²) in [6, 6.07) is 23.2. The molecule has 2 aliphatic heterocycles. The van der Waals surface area contributed by atoms with E-state index in [1.165, 1.54) is 0 Å². The highest BCUT2D eigenvalue weighted by Crippen LogP contribution is 2.39. The number of aromatic amines is 1. The molecule has 10 heteroatoms. The summed E-state index contributed by atoms with van der Waals surface area (Å²) in [4.78, 5) is 30.1. The molecule has 0 radical (unpaired) electrons. The Morgan fingerprint density at radius 1 is 0.977 bits per heavy atom. The summed E-state index contributed by atoms with van der Waals surface area (Å²) >= 11 is 0. The highest BCUT2D eigenvalue weighted by Gasteiger charge is 2.34. The molecule has 0 saturated carbocycles. The zero-order valence-electron chi connectivity index (χ0n) is 24.4. The monoisotopic (exact) mass is 585 g/mol. The van der Waals surface area contributed by atoms with Crippen molar-refractivity contribution in [3.05, 3.63) is 100.0 Å². The number of H-pyrrole nitrogens is 1. The number of amides is 2. The summed E-state index contributed by atoms with van der Waals surface area (Å²) in [5.41, 5.74) is 5.26. The first-order valence-corrected chi connectivity index (χ1v) is 15.1. The number of aliphatic hydroxyl groups excluding tert-OH is 1. The van der Waals surface area contributed by atoms with Gasteiger partial charge in [-0.15, -0.1) is 0 Å². The van der Waals surface area contributed by atoms with Gasteiger partial charge in [0.15, 0.2) is 6.29 Å². The van der Waals surface area contributed by atoms with Crippen LogP contribution < -0.4 is 16.3 Å². The molecule has 4 aromatic rings. The number of anilines is 1. The maximum atomic E-state index is 12.7. The van der Waals surface area contributed by atoms with Crippen LogP contribution in [0.25, 0.3) is 11.0 Å². The molecule has 43 heavy (non-hydrogen) atoms. The van der Waals surface area contributed by atoms with E-state index in [0.29, 0.717) is 18.7 Å². The molecular weight excluding hydrogens is 546 g/mol. The number of aromatic nitrogens is 2. The van der Waals surface area contributed by atoms with E-state index >= 15 is 0 Å². The highest BCUT2D eigenvalue weighted by molar-refractivity contribution is 5.89. The molecule has 6 rings (SSSR count). The lowest BCUT2D eigenvalue weighted by atomic mass is 9.98. The summed E-state index contributed by atoms with van der Waals surface area (Å²) in [5, 5.41) is 15.1. The van der Waals surface area contributed by atoms with Crippen molar-refractivity contribution in [2.75, 3.05) is 31.5 Å². The Labute approximate surface area is 250 Å². The number of ether oxygens (including phenoxy) is 2. The van der Waals surface area contributed by atoms with E-state index in [1.807, 2.05) is 84.3 Å². The van der Waals surface area contributed by atoms with Crippen molar-refractivity contribution in [3.63, 3.8) is 0 Å². The molecule has 2 saturated heterocycles. The fourth-order valence-electron chi connectivity index (χ4n) is 6.18. The first kappa shape index (κ1) is 29.1. The standard InChI is InChI=1S/C33H39N5O5/c1-2-34-32(40)35-25-13-11-24(12-14-25)31-42-27(19-30(43-31)23-9-7-22(21-39)8-10-23)20-37-17-15-26(16-18-37)38-29-6-4-3-5-28(29)36-33(38)41/h3-14,26-27,30-31,39H,2,15-21H2,1H3,(H,36,41)(H2,34,35,40)/t27-,30+,31+/m0/s1. The second kappa shape index (κ2) is 13.1. The molecule has 2 aliphatic rings. The maximum Gasteiger partial charge on any atom is 0.326 e. The molecule has 2 amide bonds. The number of hydrogen-bond donors (Lipinski definition) is 4. The number of nitrogens with one attached hydrogen (secondary N) is 3. The Hall–Kier alpha value is -3.96. The predicted octanol–water partition coefficient (Wildman–Crippen LogP) is 4.85. The number of aliphatic hydroxyl groups is 1. The van der Waals surface area contributed by atoms with Crippen molar-refractivity contribution in [2.24, 2.45) is 0 Å². The van der Waals surface area contributed by atoms with E-state index in [0.717, 1.165) is 60.2 Å². The molecule has 2 fully saturated rings. The van der Waals surface area contributed by atoms with E-state index in [-0.39, 0.29) is 36.6 Å². The van der Waals surface area contributed by atoms with Crippen molar-refractivity contribution in [3.8, 4) is 0 Å². The third kappa shape index (κ3) is 6.67. The summed E-state index contributed by atoms with van der Waals surface area (Å²) in [7, 11) is 0. The quantitative estimate of drug-likeness (QED) is 0.235. The smallest absolute Gasteiger partial charge is 0.326 e. The molecule has 1 aromatic heterocycles. The van der Waals surface area contributed by atoms with Gasteiger partial charge in [0.2, 0.25) is 0 Å². The Kier molecular flexibility index (Phi) is 8.90. The predicted molar refractivity (Wildman–Crippen MR) is 165 cm³/mol. The van der Waals surface area contributed by atoms with Crippen LogP contribution in [-0.2, 0) is 16.1 Å². The third-order valence-corrected chi connectivity index (χ3v) is 8.40. The largest absolute Gasteiger partial charge is 0.392 e. The van der Waals surface area contributed by atoms with E-state index in [1.54, 1.807) is 0 Å². The van der Waals surface area contributed by atoms with E-state index in [2.05, 4.69) is 20.5 Å². The Morgan fingerprint density at radius 2 is 1.70 bits per heavy atom. The number of para-hydroxylation sites is 2. The molecule has 0 unspecified atom stereocenters. The number of nitrogens with zero attached hydrogens (tertiary/aromatic N) is 2. The van der Waals surface area contributed by atoms with Crippen molar-refractivity contribution in [1.82, 2.24) is 19.8 Å². The zero-order chi connectivity index (χ0) is 29.8. The number of carbonyl (C=O) groups excluding carboxylic acids is 1. The third-order valence-electron chi connectivity index (χ3n) is 8.40. The van der Waals surface area contributed by atoms with Crippen molar-refractivity contribution >= 4 is 22.8 Å². The van der Waals surface area contributed by atoms with Gasteiger partial charge in [0, 0.05) is 49.9 Å². The van der Waals surface area contributed by atoms with E-state index < -0.39 is 6.29 Å². The second-order valence-electron chi connectivity index (χ2n) is 11.3. The van der Waals surface area contributed by atoms with Crippen molar-refractivity contribution in [2.45, 2.75) is 57.3 Å². The SMILES string of the molecule is CCNC(=O)Nc1ccc([C@@H]2O[C@H](CN3CCC(n4c(=O)[nH]c5ccccc54)CC3)C[C@H](c3ccc(CO)cc3)O2)cc1. The zero-order valence-corrected chi connectivity index (χ0v) is 24.4. The van der Waals surface area contributed by atoms with Gasteiger partial charge in [-0.2, -0.15) is 0 Å². The number of piperidine rings is 1. The fourth-order valence-corrected chi connectivity index (χ4v) is 6.18. The van der Waals surface area contributed by atoms with Crippen LogP contribution in [0.4, 0.5) is 10.5 Å². The van der Waals surface area contributed by atoms with Gasteiger partial charge in [-0.25, -0.2) is 9.59 Å². The highest BCUT2D eigenvalue weighted by atomic mass is 16.7. The average molecular weight is 586 g/mol. The second-order valence-corrected chi connectivity index (χ2v) is 11.3. The van der Waals surface area contributed by atoms with Crippen molar-refractivity contribution < 1.29 is 19.4 Å². The van der Waals surface area contributed by atoms with E-state index in [9.17, 15) is 14.7 Å². The first-order chi connectivity index (χ1) is 21.0. The number of fused-ring (bicyclic) bond motifs is 1. The van der Waals surface area contributed by atoms with Crippen LogP contribution >= 0.6 is 0 Å². The van der Waals surface area contributed by atoms with Gasteiger partial charge in [-0.3, -0.25) is 4.57 Å². The minimum atomic E-state index is -0.567. The summed E-state index contributed by atoms with van der Waals surface area (Å²) < 4.78 is 15.0. The normalized spacial score (nSPS) is 21.6. The molecular formula is C33H39N5O5. The van der Waals surface area contributed by atoms with Gasteiger partial charge >= 0.3 is 11.7 Å². The number of likely N-dealkylation sites (tertiary alicyclic amines) is 1. The number of hydrogen-bond acceptors (Lipinski definition) is 6. The Morgan fingerprint density at radius 3 is 2.42 bits per heavy atom. The van der Waals surface area contributed by atoms with Crippen molar-refractivity contribution in [1.29, 1.82) is 0 Å². The minimum absolute atomic E-state index is 0.00252. The summed E-state index contributed by atoms with van der Waals surface area (Å²) in [6.45, 7) is 4.93. The van der Waals surface area contributed by atoms with Gasteiger partial charge in [0.25, 0.3) is 0 Å². The molecule has 3 aromatic carbocycles. The van der Waals surface area contributed by atoms with Gasteiger partial charge in [-0.1, -0.05) is 48.5 Å². The number of imidazole rings is 1. The first-order valence-electron chi connectivity index (χ1n) is 15.1. The number of rotatable bonds is 8. The average Bonchev–Trinajstić information content (AvgIpc) is 3.37. The van der Waals surface area contributed by atoms with Gasteiger partial charge in [0.05, 0.1) is 29.8 Å². The molecule has 4 N–H and O–H groups in total. The van der Waals surface area contributed by atoms with Gasteiger partial charge in [0.1, 0.15) is 0 Å². The van der Waals surface area contributed by atoms with Crippen LogP contribution in [0, 0.1) is 0 Å².